The van der Waals surface area contributed by atoms with Crippen molar-refractivity contribution in [3.63, 3.8) is 0 Å². The Labute approximate surface area is 104 Å². The van der Waals surface area contributed by atoms with Crippen molar-refractivity contribution in [1.82, 2.24) is 15.2 Å². The monoisotopic (exact) mass is 241 g/mol. The number of aromatic nitrogens is 3. The Morgan fingerprint density at radius 1 is 1.44 bits per heavy atom. The van der Waals surface area contributed by atoms with E-state index in [2.05, 4.69) is 26.6 Å². The zero-order valence-corrected chi connectivity index (χ0v) is 9.77. The first-order valence-corrected chi connectivity index (χ1v) is 5.35. The highest BCUT2D eigenvalue weighted by molar-refractivity contribution is 6.01. The minimum atomic E-state index is -0.368. The quantitative estimate of drug-likeness (QED) is 0.849. The largest absolute Gasteiger partial charge is 0.319 e. The molecule has 0 bridgehead atoms. The van der Waals surface area contributed by atoms with E-state index in [1.54, 1.807) is 31.2 Å². The number of nitrogens with one attached hydrogen (secondary N) is 2. The molecular formula is C12H11N5O. The van der Waals surface area contributed by atoms with Gasteiger partial charge in [0.15, 0.2) is 0 Å². The van der Waals surface area contributed by atoms with Crippen LogP contribution in [0.5, 0.6) is 0 Å². The molecule has 0 aliphatic heterocycles. The van der Waals surface area contributed by atoms with Crippen molar-refractivity contribution in [2.45, 2.75) is 13.3 Å². The number of H-pyrrole nitrogens is 1. The van der Waals surface area contributed by atoms with Gasteiger partial charge in [-0.3, -0.25) is 9.89 Å². The molecule has 2 aromatic rings. The van der Waals surface area contributed by atoms with Crippen LogP contribution in [0, 0.1) is 18.3 Å². The number of benzene rings is 1. The van der Waals surface area contributed by atoms with Gasteiger partial charge in [-0.2, -0.15) is 5.26 Å². The minimum absolute atomic E-state index is 0.105. The van der Waals surface area contributed by atoms with Gasteiger partial charge in [-0.25, -0.2) is 4.98 Å². The van der Waals surface area contributed by atoms with Crippen LogP contribution >= 0.6 is 0 Å². The zero-order valence-electron chi connectivity index (χ0n) is 9.77. The molecule has 90 valence electrons. The van der Waals surface area contributed by atoms with E-state index in [1.807, 2.05) is 0 Å². The number of amides is 1. The fourth-order valence-corrected chi connectivity index (χ4v) is 1.43. The second kappa shape index (κ2) is 5.10. The lowest BCUT2D eigenvalue weighted by atomic mass is 10.1. The van der Waals surface area contributed by atoms with Gasteiger partial charge in [0.1, 0.15) is 5.82 Å². The first-order chi connectivity index (χ1) is 8.69. The molecule has 0 unspecified atom stereocenters. The van der Waals surface area contributed by atoms with E-state index in [9.17, 15) is 4.79 Å². The average molecular weight is 241 g/mol. The number of rotatable bonds is 3. The molecule has 1 heterocycles. The standard InChI is InChI=1S/C12H11N5O/c1-8-14-11(17-16-8)12(18)15-10-4-2-9(3-5-10)6-7-13/h2-5H,6H2,1H3,(H,15,18)(H,14,16,17). The number of carbonyl (C=O) groups is 1. The van der Waals surface area contributed by atoms with Crippen LogP contribution < -0.4 is 5.32 Å². The summed E-state index contributed by atoms with van der Waals surface area (Å²) in [5, 5.41) is 17.6. The number of hydrogen-bond donors (Lipinski definition) is 2. The van der Waals surface area contributed by atoms with Crippen LogP contribution in [0.3, 0.4) is 0 Å². The number of carbonyl (C=O) groups excluding carboxylic acids is 1. The smallest absolute Gasteiger partial charge is 0.295 e. The lowest BCUT2D eigenvalue weighted by Gasteiger charge is -2.02. The predicted molar refractivity (Wildman–Crippen MR) is 64.8 cm³/mol. The summed E-state index contributed by atoms with van der Waals surface area (Å²) in [5.41, 5.74) is 1.55. The molecule has 0 saturated carbocycles. The number of nitriles is 1. The third-order valence-electron chi connectivity index (χ3n) is 2.30. The number of anilines is 1. The molecule has 0 radical (unpaired) electrons. The molecule has 2 rings (SSSR count). The van der Waals surface area contributed by atoms with Gasteiger partial charge < -0.3 is 5.32 Å². The van der Waals surface area contributed by atoms with Gasteiger partial charge in [-0.1, -0.05) is 12.1 Å². The molecule has 0 aliphatic rings. The molecule has 0 spiro atoms. The number of nitrogens with zero attached hydrogens (tertiary/aromatic N) is 3. The zero-order chi connectivity index (χ0) is 13.0. The first-order valence-electron chi connectivity index (χ1n) is 5.35. The van der Waals surface area contributed by atoms with E-state index in [-0.39, 0.29) is 11.7 Å². The normalized spacial score (nSPS) is 9.78. The fourth-order valence-electron chi connectivity index (χ4n) is 1.43. The summed E-state index contributed by atoms with van der Waals surface area (Å²) in [7, 11) is 0. The third-order valence-corrected chi connectivity index (χ3v) is 2.30. The number of aryl methyl sites for hydroxylation is 1. The topological polar surface area (TPSA) is 94.5 Å². The van der Waals surface area contributed by atoms with E-state index >= 15 is 0 Å². The molecule has 0 saturated heterocycles. The van der Waals surface area contributed by atoms with E-state index in [1.165, 1.54) is 0 Å². The van der Waals surface area contributed by atoms with Gasteiger partial charge in [-0.15, -0.1) is 5.10 Å². The Morgan fingerprint density at radius 3 is 2.72 bits per heavy atom. The Kier molecular flexibility index (Phi) is 3.34. The summed E-state index contributed by atoms with van der Waals surface area (Å²) >= 11 is 0. The Bertz CT molecular complexity index is 594. The van der Waals surface area contributed by atoms with Gasteiger partial charge in [0.25, 0.3) is 5.91 Å². The van der Waals surface area contributed by atoms with Crippen LogP contribution in [0.2, 0.25) is 0 Å². The maximum Gasteiger partial charge on any atom is 0.295 e. The molecule has 18 heavy (non-hydrogen) atoms. The second-order valence-corrected chi connectivity index (χ2v) is 3.73. The van der Waals surface area contributed by atoms with E-state index in [0.717, 1.165) is 5.56 Å². The van der Waals surface area contributed by atoms with Crippen molar-refractivity contribution >= 4 is 11.6 Å². The molecule has 1 aromatic heterocycles. The number of hydrogen-bond acceptors (Lipinski definition) is 4. The second-order valence-electron chi connectivity index (χ2n) is 3.73. The van der Waals surface area contributed by atoms with Crippen molar-refractivity contribution in [3.8, 4) is 6.07 Å². The number of aromatic amines is 1. The van der Waals surface area contributed by atoms with Gasteiger partial charge in [0.2, 0.25) is 5.82 Å². The molecule has 0 atom stereocenters. The molecule has 0 aliphatic carbocycles. The van der Waals surface area contributed by atoms with Crippen molar-refractivity contribution in [3.05, 3.63) is 41.5 Å². The Hall–Kier alpha value is -2.68. The van der Waals surface area contributed by atoms with Gasteiger partial charge in [-0.05, 0) is 24.6 Å². The van der Waals surface area contributed by atoms with E-state index in [0.29, 0.717) is 17.9 Å². The highest BCUT2D eigenvalue weighted by atomic mass is 16.2. The van der Waals surface area contributed by atoms with Crippen molar-refractivity contribution in [2.75, 3.05) is 5.32 Å². The minimum Gasteiger partial charge on any atom is -0.319 e. The summed E-state index contributed by atoms with van der Waals surface area (Å²) < 4.78 is 0. The summed E-state index contributed by atoms with van der Waals surface area (Å²) in [6, 6.07) is 9.13. The van der Waals surface area contributed by atoms with Crippen LogP contribution in [0.25, 0.3) is 0 Å². The SMILES string of the molecule is Cc1nc(C(=O)Nc2ccc(CC#N)cc2)n[nH]1. The molecule has 1 aromatic carbocycles. The lowest BCUT2D eigenvalue weighted by Crippen LogP contribution is -2.13. The third kappa shape index (κ3) is 2.71. The first kappa shape index (κ1) is 11.8. The van der Waals surface area contributed by atoms with Gasteiger partial charge in [0.05, 0.1) is 12.5 Å². The summed E-state index contributed by atoms with van der Waals surface area (Å²) in [5.74, 6) is 0.325. The van der Waals surface area contributed by atoms with Crippen LogP contribution in [0.4, 0.5) is 5.69 Å². The van der Waals surface area contributed by atoms with Crippen molar-refractivity contribution in [1.29, 1.82) is 5.26 Å². The Balaban J connectivity index is 2.05. The molecule has 2 N–H and O–H groups in total. The highest BCUT2D eigenvalue weighted by Crippen LogP contribution is 2.10. The lowest BCUT2D eigenvalue weighted by molar-refractivity contribution is 0.101. The molecule has 1 amide bonds. The maximum atomic E-state index is 11.7. The molecule has 0 fully saturated rings. The highest BCUT2D eigenvalue weighted by Gasteiger charge is 2.10. The Morgan fingerprint density at radius 2 is 2.17 bits per heavy atom. The van der Waals surface area contributed by atoms with E-state index in [4.69, 9.17) is 5.26 Å². The van der Waals surface area contributed by atoms with Crippen molar-refractivity contribution < 1.29 is 4.79 Å². The summed E-state index contributed by atoms with van der Waals surface area (Å²) in [6.07, 6.45) is 0.355. The van der Waals surface area contributed by atoms with Gasteiger partial charge in [0, 0.05) is 5.69 Å². The van der Waals surface area contributed by atoms with Crippen LogP contribution in [0.15, 0.2) is 24.3 Å². The van der Waals surface area contributed by atoms with Gasteiger partial charge >= 0.3 is 0 Å². The van der Waals surface area contributed by atoms with Crippen LogP contribution in [-0.4, -0.2) is 21.1 Å². The van der Waals surface area contributed by atoms with Crippen LogP contribution in [0.1, 0.15) is 22.0 Å². The molecule has 6 nitrogen and oxygen atoms in total. The average Bonchev–Trinajstić information content (AvgIpc) is 2.79. The summed E-state index contributed by atoms with van der Waals surface area (Å²) in [4.78, 5) is 15.7. The predicted octanol–water partition coefficient (Wildman–Crippen LogP) is 1.43. The van der Waals surface area contributed by atoms with Crippen LogP contribution in [-0.2, 0) is 6.42 Å². The maximum absolute atomic E-state index is 11.7. The molecule has 6 heteroatoms. The van der Waals surface area contributed by atoms with E-state index < -0.39 is 0 Å². The summed E-state index contributed by atoms with van der Waals surface area (Å²) in [6.45, 7) is 1.72. The fraction of sp³-hybridized carbons (Fsp3) is 0.167. The van der Waals surface area contributed by atoms with Crippen molar-refractivity contribution in [2.24, 2.45) is 0 Å². The molecular weight excluding hydrogens is 230 g/mol.